The third kappa shape index (κ3) is 3.81. The molecule has 0 N–H and O–H groups in total. The summed E-state index contributed by atoms with van der Waals surface area (Å²) < 4.78 is 5.43. The molecule has 0 bridgehead atoms. The minimum absolute atomic E-state index is 0.152. The van der Waals surface area contributed by atoms with E-state index in [0.717, 1.165) is 51.1 Å². The van der Waals surface area contributed by atoms with Gasteiger partial charge in [0.2, 0.25) is 5.91 Å². The average Bonchev–Trinajstić information content (AvgIpc) is 3.08. The van der Waals surface area contributed by atoms with Crippen LogP contribution in [0.25, 0.3) is 0 Å². The van der Waals surface area contributed by atoms with Crippen LogP contribution in [0.15, 0.2) is 47.6 Å². The lowest BCUT2D eigenvalue weighted by Gasteiger charge is -2.41. The van der Waals surface area contributed by atoms with Gasteiger partial charge in [-0.15, -0.1) is 6.58 Å². The van der Waals surface area contributed by atoms with E-state index >= 15 is 0 Å². The summed E-state index contributed by atoms with van der Waals surface area (Å²) in [5, 5.41) is 0. The molecule has 130 valence electrons. The maximum Gasteiger partial charge on any atom is 0.226 e. The number of carbonyl (C=O) groups is 1. The Hall–Kier alpha value is -1.81. The van der Waals surface area contributed by atoms with Gasteiger partial charge in [0, 0.05) is 18.0 Å². The highest BCUT2D eigenvalue weighted by molar-refractivity contribution is 5.80. The van der Waals surface area contributed by atoms with E-state index in [1.165, 1.54) is 0 Å². The maximum atomic E-state index is 13.1. The molecule has 0 spiro atoms. The minimum atomic E-state index is 0.152. The van der Waals surface area contributed by atoms with Crippen LogP contribution in [0.3, 0.4) is 0 Å². The summed E-state index contributed by atoms with van der Waals surface area (Å²) in [5.41, 5.74) is 0. The molecule has 1 fully saturated rings. The fourth-order valence-corrected chi connectivity index (χ4v) is 3.93. The molecular weight excluding hydrogens is 300 g/mol. The molecule has 2 aliphatic heterocycles. The van der Waals surface area contributed by atoms with Gasteiger partial charge < -0.3 is 9.32 Å². The number of rotatable bonds is 5. The molecule has 2 aliphatic rings. The molecule has 3 rings (SSSR count). The molecule has 4 nitrogen and oxygen atoms in total. The van der Waals surface area contributed by atoms with Crippen LogP contribution in [0, 0.1) is 5.92 Å². The summed E-state index contributed by atoms with van der Waals surface area (Å²) in [5.74, 6) is 1.48. The molecule has 3 heterocycles. The van der Waals surface area contributed by atoms with Gasteiger partial charge in [-0.05, 0) is 57.8 Å². The average molecular weight is 328 g/mol. The van der Waals surface area contributed by atoms with Crippen molar-refractivity contribution in [3.63, 3.8) is 0 Å². The van der Waals surface area contributed by atoms with Crippen LogP contribution >= 0.6 is 0 Å². The standard InChI is InChI=1S/C20H28N2O2/c1-3-6-18-8-4-7-16(2)22(18)20(23)17-10-12-21(13-11-17)15-19-9-5-14-24-19/h3-5,7,9,14,16-18H,1,6,8,10-13,15H2,2H3/t16-,18-/m1/s1. The van der Waals surface area contributed by atoms with Gasteiger partial charge in [-0.2, -0.15) is 0 Å². The van der Waals surface area contributed by atoms with Gasteiger partial charge in [0.25, 0.3) is 0 Å². The monoisotopic (exact) mass is 328 g/mol. The van der Waals surface area contributed by atoms with Gasteiger partial charge >= 0.3 is 0 Å². The van der Waals surface area contributed by atoms with Gasteiger partial charge in [-0.1, -0.05) is 18.2 Å². The maximum absolute atomic E-state index is 13.1. The van der Waals surface area contributed by atoms with Crippen LogP contribution in [0.5, 0.6) is 0 Å². The summed E-state index contributed by atoms with van der Waals surface area (Å²) in [6.45, 7) is 8.74. The Morgan fingerprint density at radius 3 is 2.88 bits per heavy atom. The third-order valence-corrected chi connectivity index (χ3v) is 5.24. The summed E-state index contributed by atoms with van der Waals surface area (Å²) in [7, 11) is 0. The Morgan fingerprint density at radius 1 is 1.42 bits per heavy atom. The largest absolute Gasteiger partial charge is 0.468 e. The van der Waals surface area contributed by atoms with E-state index in [1.807, 2.05) is 18.2 Å². The fourth-order valence-electron chi connectivity index (χ4n) is 3.93. The van der Waals surface area contributed by atoms with Crippen LogP contribution in [-0.2, 0) is 11.3 Å². The Morgan fingerprint density at radius 2 is 2.21 bits per heavy atom. The molecule has 1 saturated heterocycles. The number of likely N-dealkylation sites (tertiary alicyclic amines) is 1. The number of piperidine rings is 1. The van der Waals surface area contributed by atoms with E-state index in [4.69, 9.17) is 4.42 Å². The highest BCUT2D eigenvalue weighted by atomic mass is 16.3. The second-order valence-electron chi connectivity index (χ2n) is 6.96. The highest BCUT2D eigenvalue weighted by Gasteiger charge is 2.34. The molecule has 0 aromatic carbocycles. The second-order valence-corrected chi connectivity index (χ2v) is 6.96. The number of hydrogen-bond acceptors (Lipinski definition) is 3. The lowest BCUT2D eigenvalue weighted by molar-refractivity contribution is -0.141. The van der Waals surface area contributed by atoms with E-state index in [-0.39, 0.29) is 18.0 Å². The molecule has 2 atom stereocenters. The molecule has 1 aromatic rings. The van der Waals surface area contributed by atoms with E-state index in [0.29, 0.717) is 5.91 Å². The van der Waals surface area contributed by atoms with E-state index in [2.05, 4.69) is 35.5 Å². The Labute approximate surface area is 144 Å². The van der Waals surface area contributed by atoms with E-state index in [1.54, 1.807) is 6.26 Å². The first-order valence-corrected chi connectivity index (χ1v) is 9.03. The zero-order chi connectivity index (χ0) is 16.9. The minimum Gasteiger partial charge on any atom is -0.468 e. The zero-order valence-corrected chi connectivity index (χ0v) is 14.6. The number of hydrogen-bond donors (Lipinski definition) is 0. The van der Waals surface area contributed by atoms with Gasteiger partial charge in [-0.25, -0.2) is 0 Å². The molecule has 1 aromatic heterocycles. The first kappa shape index (κ1) is 17.0. The SMILES string of the molecule is C=CC[C@@H]1CC=C[C@@H](C)N1C(=O)C1CCN(Cc2ccco2)CC1. The lowest BCUT2D eigenvalue weighted by atomic mass is 9.91. The van der Waals surface area contributed by atoms with Gasteiger partial charge in [0.15, 0.2) is 0 Å². The van der Waals surface area contributed by atoms with Crippen molar-refractivity contribution >= 4 is 5.91 Å². The molecule has 24 heavy (non-hydrogen) atoms. The molecule has 0 unspecified atom stereocenters. The zero-order valence-electron chi connectivity index (χ0n) is 14.6. The van der Waals surface area contributed by atoms with Crippen LogP contribution in [0.4, 0.5) is 0 Å². The van der Waals surface area contributed by atoms with Crippen molar-refractivity contribution in [2.75, 3.05) is 13.1 Å². The van der Waals surface area contributed by atoms with Crippen molar-refractivity contribution in [3.05, 3.63) is 49.0 Å². The third-order valence-electron chi connectivity index (χ3n) is 5.24. The van der Waals surface area contributed by atoms with Crippen molar-refractivity contribution in [3.8, 4) is 0 Å². The predicted octanol–water partition coefficient (Wildman–Crippen LogP) is 3.61. The van der Waals surface area contributed by atoms with Crippen LogP contribution in [0.1, 0.15) is 38.4 Å². The molecule has 0 saturated carbocycles. The molecule has 4 heteroatoms. The quantitative estimate of drug-likeness (QED) is 0.775. The second kappa shape index (κ2) is 7.84. The number of furan rings is 1. The Balaban J connectivity index is 1.57. The lowest BCUT2D eigenvalue weighted by Crippen LogP contribution is -2.51. The topological polar surface area (TPSA) is 36.7 Å². The number of nitrogens with zero attached hydrogens (tertiary/aromatic N) is 2. The summed E-state index contributed by atoms with van der Waals surface area (Å²) in [6.07, 6.45) is 11.7. The highest BCUT2D eigenvalue weighted by Crippen LogP contribution is 2.27. The van der Waals surface area contributed by atoms with E-state index < -0.39 is 0 Å². The summed E-state index contributed by atoms with van der Waals surface area (Å²) in [4.78, 5) is 17.6. The fraction of sp³-hybridized carbons (Fsp3) is 0.550. The van der Waals surface area contributed by atoms with Crippen LogP contribution in [-0.4, -0.2) is 40.9 Å². The Kier molecular flexibility index (Phi) is 5.56. The van der Waals surface area contributed by atoms with Crippen LogP contribution < -0.4 is 0 Å². The van der Waals surface area contributed by atoms with Crippen molar-refractivity contribution < 1.29 is 9.21 Å². The first-order valence-electron chi connectivity index (χ1n) is 9.03. The normalized spacial score (nSPS) is 25.8. The number of amides is 1. The predicted molar refractivity (Wildman–Crippen MR) is 95.4 cm³/mol. The smallest absolute Gasteiger partial charge is 0.226 e. The number of carbonyl (C=O) groups excluding carboxylic acids is 1. The van der Waals surface area contributed by atoms with Gasteiger partial charge in [0.1, 0.15) is 5.76 Å². The molecule has 1 amide bonds. The van der Waals surface area contributed by atoms with Crippen molar-refractivity contribution in [1.82, 2.24) is 9.80 Å². The van der Waals surface area contributed by atoms with Crippen molar-refractivity contribution in [2.45, 2.75) is 51.2 Å². The first-order chi connectivity index (χ1) is 11.7. The summed E-state index contributed by atoms with van der Waals surface area (Å²) in [6, 6.07) is 4.41. The van der Waals surface area contributed by atoms with Crippen molar-refractivity contribution in [1.29, 1.82) is 0 Å². The summed E-state index contributed by atoms with van der Waals surface area (Å²) >= 11 is 0. The van der Waals surface area contributed by atoms with Crippen molar-refractivity contribution in [2.24, 2.45) is 5.92 Å². The van der Waals surface area contributed by atoms with Gasteiger partial charge in [-0.3, -0.25) is 9.69 Å². The molecule has 0 radical (unpaired) electrons. The van der Waals surface area contributed by atoms with Crippen LogP contribution in [0.2, 0.25) is 0 Å². The Bertz CT molecular complexity index is 570. The van der Waals surface area contributed by atoms with Gasteiger partial charge in [0.05, 0.1) is 12.8 Å². The molecular formula is C20H28N2O2. The van der Waals surface area contributed by atoms with E-state index in [9.17, 15) is 4.79 Å². The molecule has 0 aliphatic carbocycles.